The SMILES string of the molecule is COc1c(C)cc(C)cc1CN1C[C@@H]2[C@H](CNC(=O)C3CC3)[C@H]3CC[C@]2(C1)O3. The van der Waals surface area contributed by atoms with Crippen LogP contribution in [0.5, 0.6) is 5.75 Å². The van der Waals surface area contributed by atoms with Crippen molar-refractivity contribution in [3.63, 3.8) is 0 Å². The second-order valence-corrected chi connectivity index (χ2v) is 9.49. The van der Waals surface area contributed by atoms with Crippen LogP contribution in [0.1, 0.15) is 42.4 Å². The van der Waals surface area contributed by atoms with E-state index in [4.69, 9.17) is 9.47 Å². The summed E-state index contributed by atoms with van der Waals surface area (Å²) >= 11 is 0. The van der Waals surface area contributed by atoms with Crippen LogP contribution in [0.3, 0.4) is 0 Å². The van der Waals surface area contributed by atoms with E-state index >= 15 is 0 Å². The molecule has 3 heterocycles. The minimum Gasteiger partial charge on any atom is -0.496 e. The summed E-state index contributed by atoms with van der Waals surface area (Å²) < 4.78 is 12.3. The monoisotopic (exact) mass is 384 g/mol. The Kier molecular flexibility index (Phi) is 4.44. The molecule has 1 aliphatic carbocycles. The van der Waals surface area contributed by atoms with E-state index in [-0.39, 0.29) is 17.4 Å². The molecule has 28 heavy (non-hydrogen) atoms. The number of rotatable bonds is 6. The van der Waals surface area contributed by atoms with Gasteiger partial charge in [-0.15, -0.1) is 0 Å². The molecule has 3 saturated heterocycles. The quantitative estimate of drug-likeness (QED) is 0.819. The summed E-state index contributed by atoms with van der Waals surface area (Å²) in [4.78, 5) is 14.7. The Bertz CT molecular complexity index is 790. The van der Waals surface area contributed by atoms with Gasteiger partial charge in [0.05, 0.1) is 18.8 Å². The standard InChI is InChI=1S/C23H32N2O3/c1-14-8-15(2)21(27-3)17(9-14)11-25-12-19-18(10-24-22(26)16-4-5-16)20-6-7-23(19,13-25)28-20/h8-9,16,18-20H,4-7,10-13H2,1-3H3,(H,24,26)/t18-,19+,20+,23+/m0/s1. The van der Waals surface area contributed by atoms with Crippen molar-refractivity contribution in [1.82, 2.24) is 10.2 Å². The maximum Gasteiger partial charge on any atom is 0.223 e. The Balaban J connectivity index is 1.29. The zero-order chi connectivity index (χ0) is 19.5. The number of ether oxygens (including phenoxy) is 2. The van der Waals surface area contributed by atoms with Crippen molar-refractivity contribution < 1.29 is 14.3 Å². The van der Waals surface area contributed by atoms with Gasteiger partial charge in [0, 0.05) is 49.5 Å². The number of nitrogens with zero attached hydrogens (tertiary/aromatic N) is 1. The van der Waals surface area contributed by atoms with Crippen molar-refractivity contribution in [1.29, 1.82) is 0 Å². The van der Waals surface area contributed by atoms with E-state index in [1.54, 1.807) is 7.11 Å². The summed E-state index contributed by atoms with van der Waals surface area (Å²) in [7, 11) is 1.77. The number of carbonyl (C=O) groups is 1. The van der Waals surface area contributed by atoms with E-state index in [9.17, 15) is 4.79 Å². The van der Waals surface area contributed by atoms with Crippen LogP contribution in [0.2, 0.25) is 0 Å². The number of carbonyl (C=O) groups excluding carboxylic acids is 1. The number of amides is 1. The molecule has 3 aliphatic heterocycles. The van der Waals surface area contributed by atoms with Crippen LogP contribution in [-0.4, -0.2) is 49.3 Å². The maximum absolute atomic E-state index is 12.1. The number of benzene rings is 1. The highest BCUT2D eigenvalue weighted by molar-refractivity contribution is 5.80. The summed E-state index contributed by atoms with van der Waals surface area (Å²) in [6.45, 7) is 8.01. The molecule has 0 aromatic heterocycles. The van der Waals surface area contributed by atoms with Gasteiger partial charge in [0.15, 0.2) is 0 Å². The zero-order valence-electron chi connectivity index (χ0n) is 17.3. The Morgan fingerprint density at radius 1 is 1.32 bits per heavy atom. The van der Waals surface area contributed by atoms with Crippen molar-refractivity contribution in [3.05, 3.63) is 28.8 Å². The second-order valence-electron chi connectivity index (χ2n) is 9.49. The van der Waals surface area contributed by atoms with Crippen molar-refractivity contribution in [3.8, 4) is 5.75 Å². The molecule has 5 nitrogen and oxygen atoms in total. The van der Waals surface area contributed by atoms with E-state index < -0.39 is 0 Å². The molecule has 1 spiro atoms. The molecular formula is C23H32N2O3. The number of aryl methyl sites for hydroxylation is 2. The van der Waals surface area contributed by atoms with Gasteiger partial charge in [0.2, 0.25) is 5.91 Å². The largest absolute Gasteiger partial charge is 0.496 e. The number of methoxy groups -OCH3 is 1. The molecule has 1 amide bonds. The smallest absolute Gasteiger partial charge is 0.223 e. The molecule has 1 aromatic rings. The van der Waals surface area contributed by atoms with Crippen molar-refractivity contribution >= 4 is 5.91 Å². The molecule has 4 fully saturated rings. The molecule has 5 rings (SSSR count). The minimum absolute atomic E-state index is 0.00570. The summed E-state index contributed by atoms with van der Waals surface area (Å²) in [5.41, 5.74) is 3.76. The van der Waals surface area contributed by atoms with E-state index in [2.05, 4.69) is 36.2 Å². The first-order valence-electron chi connectivity index (χ1n) is 10.8. The predicted molar refractivity (Wildman–Crippen MR) is 107 cm³/mol. The lowest BCUT2D eigenvalue weighted by Crippen LogP contribution is -2.42. The van der Waals surface area contributed by atoms with Gasteiger partial charge < -0.3 is 14.8 Å². The van der Waals surface area contributed by atoms with Crippen LogP contribution in [-0.2, 0) is 16.1 Å². The van der Waals surface area contributed by atoms with Crippen LogP contribution in [0, 0.1) is 31.6 Å². The van der Waals surface area contributed by atoms with E-state index in [0.717, 1.165) is 57.6 Å². The highest BCUT2D eigenvalue weighted by atomic mass is 16.5. The maximum atomic E-state index is 12.1. The first-order valence-corrected chi connectivity index (χ1v) is 10.8. The number of nitrogens with one attached hydrogen (secondary N) is 1. The van der Waals surface area contributed by atoms with Gasteiger partial charge in [-0.1, -0.05) is 17.7 Å². The molecule has 4 atom stereocenters. The number of fused-ring (bicyclic) bond motifs is 1. The summed E-state index contributed by atoms with van der Waals surface area (Å²) in [5, 5.41) is 3.22. The van der Waals surface area contributed by atoms with Gasteiger partial charge in [0.1, 0.15) is 5.75 Å². The predicted octanol–water partition coefficient (Wildman–Crippen LogP) is 2.82. The van der Waals surface area contributed by atoms with Crippen LogP contribution >= 0.6 is 0 Å². The lowest BCUT2D eigenvalue weighted by molar-refractivity contribution is -0.122. The van der Waals surface area contributed by atoms with Gasteiger partial charge in [-0.2, -0.15) is 0 Å². The van der Waals surface area contributed by atoms with Crippen LogP contribution < -0.4 is 10.1 Å². The van der Waals surface area contributed by atoms with Crippen molar-refractivity contribution in [2.75, 3.05) is 26.7 Å². The molecule has 1 aromatic carbocycles. The lowest BCUT2D eigenvalue weighted by atomic mass is 9.73. The molecule has 1 saturated carbocycles. The Labute approximate surface area is 167 Å². The number of hydrogen-bond donors (Lipinski definition) is 1. The van der Waals surface area contributed by atoms with Crippen LogP contribution in [0.4, 0.5) is 0 Å². The highest BCUT2D eigenvalue weighted by Crippen LogP contribution is 2.55. The van der Waals surface area contributed by atoms with E-state index in [1.807, 2.05) is 0 Å². The number of likely N-dealkylation sites (tertiary alicyclic amines) is 1. The third-order valence-corrected chi connectivity index (χ3v) is 7.41. The fourth-order valence-electron chi connectivity index (χ4n) is 6.08. The second kappa shape index (κ2) is 6.74. The van der Waals surface area contributed by atoms with E-state index in [0.29, 0.717) is 17.9 Å². The summed E-state index contributed by atoms with van der Waals surface area (Å²) in [5.74, 6) is 2.54. The molecule has 0 unspecified atom stereocenters. The lowest BCUT2D eigenvalue weighted by Gasteiger charge is -2.29. The fourth-order valence-corrected chi connectivity index (χ4v) is 6.08. The summed E-state index contributed by atoms with van der Waals surface area (Å²) in [6.07, 6.45) is 4.77. The van der Waals surface area contributed by atoms with Gasteiger partial charge in [0.25, 0.3) is 0 Å². The van der Waals surface area contributed by atoms with Gasteiger partial charge in [-0.3, -0.25) is 9.69 Å². The number of hydrogen-bond acceptors (Lipinski definition) is 4. The molecule has 5 heteroatoms. The van der Waals surface area contributed by atoms with Crippen LogP contribution in [0.15, 0.2) is 12.1 Å². The topological polar surface area (TPSA) is 50.8 Å². The Hall–Kier alpha value is -1.59. The van der Waals surface area contributed by atoms with Crippen molar-refractivity contribution in [2.45, 2.75) is 57.8 Å². The Morgan fingerprint density at radius 3 is 2.89 bits per heavy atom. The highest BCUT2D eigenvalue weighted by Gasteiger charge is 2.62. The molecule has 152 valence electrons. The third-order valence-electron chi connectivity index (χ3n) is 7.41. The van der Waals surface area contributed by atoms with Gasteiger partial charge in [-0.05, 0) is 45.1 Å². The average molecular weight is 385 g/mol. The summed E-state index contributed by atoms with van der Waals surface area (Å²) in [6, 6.07) is 4.44. The van der Waals surface area contributed by atoms with Gasteiger partial charge >= 0.3 is 0 Å². The minimum atomic E-state index is 0.00570. The molecule has 1 N–H and O–H groups in total. The Morgan fingerprint density at radius 2 is 2.14 bits per heavy atom. The molecule has 2 bridgehead atoms. The van der Waals surface area contributed by atoms with Crippen molar-refractivity contribution in [2.24, 2.45) is 17.8 Å². The van der Waals surface area contributed by atoms with E-state index in [1.165, 1.54) is 16.7 Å². The third kappa shape index (κ3) is 3.03. The first kappa shape index (κ1) is 18.4. The van der Waals surface area contributed by atoms with Gasteiger partial charge in [-0.25, -0.2) is 0 Å². The zero-order valence-corrected chi connectivity index (χ0v) is 17.3. The van der Waals surface area contributed by atoms with Crippen LogP contribution in [0.25, 0.3) is 0 Å². The molecular weight excluding hydrogens is 352 g/mol. The average Bonchev–Trinajstić information content (AvgIpc) is 3.25. The molecule has 0 radical (unpaired) electrons. The first-order chi connectivity index (χ1) is 13.5. The normalized spacial score (nSPS) is 33.9. The fraction of sp³-hybridized carbons (Fsp3) is 0.696. The molecule has 4 aliphatic rings.